The van der Waals surface area contributed by atoms with Gasteiger partial charge in [0.1, 0.15) is 5.75 Å². The maximum absolute atomic E-state index is 11.9. The summed E-state index contributed by atoms with van der Waals surface area (Å²) in [7, 11) is 1.60. The van der Waals surface area contributed by atoms with E-state index in [0.717, 1.165) is 11.1 Å². The Morgan fingerprint density at radius 3 is 2.50 bits per heavy atom. The minimum absolute atomic E-state index is 0.106. The maximum atomic E-state index is 11.9. The van der Waals surface area contributed by atoms with E-state index in [1.54, 1.807) is 7.11 Å². The smallest absolute Gasteiger partial charge is 0.226 e. The molecular formula is C14H22N2O2. The summed E-state index contributed by atoms with van der Waals surface area (Å²) in [5.41, 5.74) is 8.09. The number of ether oxygens (including phenoxy) is 1. The van der Waals surface area contributed by atoms with Crippen LogP contribution in [0, 0.1) is 13.8 Å². The number of methoxy groups -OCH3 is 1. The molecule has 0 aliphatic heterocycles. The molecule has 0 saturated heterocycles. The molecule has 4 nitrogen and oxygen atoms in total. The Bertz CT molecular complexity index is 448. The lowest BCUT2D eigenvalue weighted by Gasteiger charge is -2.19. The molecule has 1 amide bonds. The Labute approximate surface area is 109 Å². The van der Waals surface area contributed by atoms with Gasteiger partial charge in [0.25, 0.3) is 0 Å². The normalized spacial score (nSPS) is 11.2. The molecule has 1 aromatic rings. The van der Waals surface area contributed by atoms with E-state index >= 15 is 0 Å². The van der Waals surface area contributed by atoms with Crippen LogP contribution in [-0.4, -0.2) is 18.6 Å². The third kappa shape index (κ3) is 4.04. The molecule has 4 heteroatoms. The Hall–Kier alpha value is -1.55. The highest BCUT2D eigenvalue weighted by Gasteiger charge is 2.18. The third-order valence-electron chi connectivity index (χ3n) is 2.51. The van der Waals surface area contributed by atoms with Crippen LogP contribution >= 0.6 is 0 Å². The van der Waals surface area contributed by atoms with Crippen LogP contribution in [0.2, 0.25) is 0 Å². The first-order valence-corrected chi connectivity index (χ1v) is 5.97. The van der Waals surface area contributed by atoms with Gasteiger partial charge >= 0.3 is 0 Å². The van der Waals surface area contributed by atoms with Gasteiger partial charge in [0.15, 0.2) is 0 Å². The second kappa shape index (κ2) is 5.40. The fourth-order valence-corrected chi connectivity index (χ4v) is 1.93. The van der Waals surface area contributed by atoms with Crippen LogP contribution in [0.1, 0.15) is 31.4 Å². The Morgan fingerprint density at radius 1 is 1.39 bits per heavy atom. The van der Waals surface area contributed by atoms with Crippen molar-refractivity contribution in [3.63, 3.8) is 0 Å². The molecule has 0 spiro atoms. The van der Waals surface area contributed by atoms with Crippen LogP contribution in [0.3, 0.4) is 0 Å². The zero-order valence-corrected chi connectivity index (χ0v) is 11.8. The van der Waals surface area contributed by atoms with Crippen molar-refractivity contribution in [2.75, 3.05) is 12.4 Å². The van der Waals surface area contributed by atoms with Crippen molar-refractivity contribution in [2.45, 2.75) is 39.7 Å². The van der Waals surface area contributed by atoms with E-state index in [1.165, 1.54) is 0 Å². The number of amides is 1. The van der Waals surface area contributed by atoms with Crippen LogP contribution in [0.5, 0.6) is 5.75 Å². The number of rotatable bonds is 4. The molecule has 0 aliphatic rings. The Balaban J connectivity index is 2.93. The van der Waals surface area contributed by atoms with E-state index in [0.29, 0.717) is 11.4 Å². The predicted molar refractivity (Wildman–Crippen MR) is 74.0 cm³/mol. The largest absolute Gasteiger partial charge is 0.494 e. The van der Waals surface area contributed by atoms with Crippen LogP contribution in [0.15, 0.2) is 12.1 Å². The molecular weight excluding hydrogens is 228 g/mol. The van der Waals surface area contributed by atoms with E-state index in [2.05, 4.69) is 5.32 Å². The number of hydrogen-bond acceptors (Lipinski definition) is 3. The Kier molecular flexibility index (Phi) is 4.35. The van der Waals surface area contributed by atoms with Crippen molar-refractivity contribution in [3.05, 3.63) is 23.3 Å². The fourth-order valence-electron chi connectivity index (χ4n) is 1.93. The summed E-state index contributed by atoms with van der Waals surface area (Å²) in [5, 5.41) is 2.86. The maximum Gasteiger partial charge on any atom is 0.226 e. The molecule has 0 saturated carbocycles. The van der Waals surface area contributed by atoms with Crippen molar-refractivity contribution in [3.8, 4) is 5.75 Å². The molecule has 0 bridgehead atoms. The SMILES string of the molecule is COc1c(C)cc(C)cc1NC(=O)CC(C)(C)N. The van der Waals surface area contributed by atoms with Gasteiger partial charge in [-0.2, -0.15) is 0 Å². The van der Waals surface area contributed by atoms with Crippen LogP contribution < -0.4 is 15.8 Å². The van der Waals surface area contributed by atoms with Crippen molar-refractivity contribution in [1.82, 2.24) is 0 Å². The first-order valence-electron chi connectivity index (χ1n) is 5.97. The lowest BCUT2D eigenvalue weighted by Crippen LogP contribution is -2.36. The second-order valence-electron chi connectivity index (χ2n) is 5.38. The number of hydrogen-bond donors (Lipinski definition) is 2. The van der Waals surface area contributed by atoms with E-state index in [4.69, 9.17) is 10.5 Å². The quantitative estimate of drug-likeness (QED) is 0.862. The lowest BCUT2D eigenvalue weighted by molar-refractivity contribution is -0.117. The fraction of sp³-hybridized carbons (Fsp3) is 0.500. The average molecular weight is 250 g/mol. The summed E-state index contributed by atoms with van der Waals surface area (Å²) in [6, 6.07) is 3.91. The standard InChI is InChI=1S/C14H22N2O2/c1-9-6-10(2)13(18-5)11(7-9)16-12(17)8-14(3,4)15/h6-7H,8,15H2,1-5H3,(H,16,17). The van der Waals surface area contributed by atoms with E-state index in [-0.39, 0.29) is 12.3 Å². The highest BCUT2D eigenvalue weighted by atomic mass is 16.5. The average Bonchev–Trinajstić information content (AvgIpc) is 2.13. The first-order chi connectivity index (χ1) is 8.23. The van der Waals surface area contributed by atoms with E-state index < -0.39 is 5.54 Å². The zero-order chi connectivity index (χ0) is 13.9. The summed E-state index contributed by atoms with van der Waals surface area (Å²) in [6.07, 6.45) is 0.267. The highest BCUT2D eigenvalue weighted by Crippen LogP contribution is 2.30. The first kappa shape index (κ1) is 14.5. The van der Waals surface area contributed by atoms with Crippen molar-refractivity contribution >= 4 is 11.6 Å². The zero-order valence-electron chi connectivity index (χ0n) is 11.8. The lowest BCUT2D eigenvalue weighted by atomic mass is 10.0. The van der Waals surface area contributed by atoms with Crippen molar-refractivity contribution < 1.29 is 9.53 Å². The molecule has 3 N–H and O–H groups in total. The van der Waals surface area contributed by atoms with Gasteiger partial charge in [-0.25, -0.2) is 0 Å². The van der Waals surface area contributed by atoms with E-state index in [9.17, 15) is 4.79 Å². The number of nitrogens with two attached hydrogens (primary N) is 1. The number of benzene rings is 1. The summed E-state index contributed by atoms with van der Waals surface area (Å²) in [6.45, 7) is 7.58. The van der Waals surface area contributed by atoms with Crippen LogP contribution in [0.4, 0.5) is 5.69 Å². The monoisotopic (exact) mass is 250 g/mol. The second-order valence-corrected chi connectivity index (χ2v) is 5.38. The molecule has 100 valence electrons. The molecule has 18 heavy (non-hydrogen) atoms. The summed E-state index contributed by atoms with van der Waals surface area (Å²) in [5.74, 6) is 0.592. The van der Waals surface area contributed by atoms with Gasteiger partial charge in [-0.1, -0.05) is 6.07 Å². The topological polar surface area (TPSA) is 64.3 Å². The predicted octanol–water partition coefficient (Wildman–Crippen LogP) is 2.38. The molecule has 0 aliphatic carbocycles. The molecule has 0 radical (unpaired) electrons. The number of aryl methyl sites for hydroxylation is 2. The van der Waals surface area contributed by atoms with Gasteiger partial charge in [0.2, 0.25) is 5.91 Å². The number of nitrogens with one attached hydrogen (secondary N) is 1. The Morgan fingerprint density at radius 2 is 2.00 bits per heavy atom. The molecule has 1 aromatic carbocycles. The summed E-state index contributed by atoms with van der Waals surface area (Å²) < 4.78 is 5.32. The van der Waals surface area contributed by atoms with Crippen LogP contribution in [-0.2, 0) is 4.79 Å². The minimum Gasteiger partial charge on any atom is -0.494 e. The molecule has 0 atom stereocenters. The van der Waals surface area contributed by atoms with Gasteiger partial charge in [0.05, 0.1) is 12.8 Å². The number of carbonyl (C=O) groups excluding carboxylic acids is 1. The third-order valence-corrected chi connectivity index (χ3v) is 2.51. The van der Waals surface area contributed by atoms with E-state index in [1.807, 2.05) is 39.8 Å². The summed E-state index contributed by atoms with van der Waals surface area (Å²) in [4.78, 5) is 11.9. The van der Waals surface area contributed by atoms with Gasteiger partial charge in [0, 0.05) is 12.0 Å². The summed E-state index contributed by atoms with van der Waals surface area (Å²) >= 11 is 0. The van der Waals surface area contributed by atoms with Gasteiger partial charge < -0.3 is 15.8 Å². The number of carbonyl (C=O) groups is 1. The van der Waals surface area contributed by atoms with Gasteiger partial charge in [-0.3, -0.25) is 4.79 Å². The van der Waals surface area contributed by atoms with Gasteiger partial charge in [-0.05, 0) is 44.9 Å². The highest BCUT2D eigenvalue weighted by molar-refractivity contribution is 5.93. The van der Waals surface area contributed by atoms with Crippen LogP contribution in [0.25, 0.3) is 0 Å². The molecule has 0 aromatic heterocycles. The molecule has 0 heterocycles. The molecule has 0 unspecified atom stereocenters. The minimum atomic E-state index is -0.518. The molecule has 0 fully saturated rings. The molecule has 1 rings (SSSR count). The van der Waals surface area contributed by atoms with Crippen molar-refractivity contribution in [2.24, 2.45) is 5.73 Å². The van der Waals surface area contributed by atoms with Gasteiger partial charge in [-0.15, -0.1) is 0 Å². The number of anilines is 1. The van der Waals surface area contributed by atoms with Crippen molar-refractivity contribution in [1.29, 1.82) is 0 Å².